The van der Waals surface area contributed by atoms with Crippen molar-refractivity contribution in [2.45, 2.75) is 46.1 Å². The molecule has 0 saturated heterocycles. The van der Waals surface area contributed by atoms with Crippen LogP contribution in [0.2, 0.25) is 5.02 Å². The average molecular weight is 426 g/mol. The van der Waals surface area contributed by atoms with Crippen LogP contribution in [0.5, 0.6) is 0 Å². The molecule has 4 N–H and O–H groups in total. The Balaban J connectivity index is 2.22. The van der Waals surface area contributed by atoms with Gasteiger partial charge in [-0.25, -0.2) is 4.79 Å². The third-order valence-corrected chi connectivity index (χ3v) is 4.13. The highest BCUT2D eigenvalue weighted by Gasteiger charge is 2.15. The number of halogens is 1. The van der Waals surface area contributed by atoms with Crippen molar-refractivity contribution in [3.63, 3.8) is 0 Å². The largest absolute Gasteiger partial charge is 0.444 e. The maximum atomic E-state index is 12.1. The third-order valence-electron chi connectivity index (χ3n) is 3.72. The molecule has 9 heteroatoms. The number of benzene rings is 1. The van der Waals surface area contributed by atoms with Crippen LogP contribution >= 0.6 is 11.6 Å². The lowest BCUT2D eigenvalue weighted by Crippen LogP contribution is -2.40. The predicted octanol–water partition coefficient (Wildman–Crippen LogP) is 3.06. The summed E-state index contributed by atoms with van der Waals surface area (Å²) in [5, 5.41) is 12.4. The Hall–Kier alpha value is -2.48. The van der Waals surface area contributed by atoms with E-state index >= 15 is 0 Å². The first kappa shape index (κ1) is 24.6. The number of guanidine groups is 1. The van der Waals surface area contributed by atoms with Gasteiger partial charge in [-0.2, -0.15) is 0 Å². The van der Waals surface area contributed by atoms with Crippen LogP contribution in [-0.2, 0) is 9.53 Å². The second kappa shape index (κ2) is 12.2. The summed E-state index contributed by atoms with van der Waals surface area (Å²) >= 11 is 6.06. The van der Waals surface area contributed by atoms with E-state index in [1.54, 1.807) is 19.2 Å². The van der Waals surface area contributed by atoms with Gasteiger partial charge < -0.3 is 26.0 Å². The Labute approximate surface area is 177 Å². The van der Waals surface area contributed by atoms with Gasteiger partial charge in [0.05, 0.1) is 0 Å². The fourth-order valence-electron chi connectivity index (χ4n) is 2.27. The predicted molar refractivity (Wildman–Crippen MR) is 118 cm³/mol. The van der Waals surface area contributed by atoms with Crippen molar-refractivity contribution in [1.29, 1.82) is 0 Å². The molecule has 0 aliphatic carbocycles. The zero-order valence-corrected chi connectivity index (χ0v) is 18.6. The molecule has 0 radical (unpaired) electrons. The molecule has 0 saturated carbocycles. The van der Waals surface area contributed by atoms with Crippen LogP contribution in [0.4, 0.5) is 10.5 Å². The number of nitrogens with zero attached hydrogens (tertiary/aromatic N) is 1. The highest BCUT2D eigenvalue weighted by molar-refractivity contribution is 6.31. The summed E-state index contributed by atoms with van der Waals surface area (Å²) < 4.78 is 5.17. The molecule has 0 atom stereocenters. The Morgan fingerprint density at radius 3 is 2.41 bits per heavy atom. The van der Waals surface area contributed by atoms with Crippen molar-refractivity contribution >= 4 is 35.2 Å². The van der Waals surface area contributed by atoms with E-state index in [4.69, 9.17) is 16.3 Å². The minimum Gasteiger partial charge on any atom is -0.444 e. The molecule has 1 aromatic carbocycles. The quantitative estimate of drug-likeness (QED) is 0.291. The summed E-state index contributed by atoms with van der Waals surface area (Å²) in [6.07, 6.45) is 0.558. The lowest BCUT2D eigenvalue weighted by Gasteiger charge is -2.19. The molecule has 0 aliphatic rings. The molecule has 2 amide bonds. The minimum absolute atomic E-state index is 0.111. The number of alkyl carbamates (subject to hydrolysis) is 1. The summed E-state index contributed by atoms with van der Waals surface area (Å²) in [4.78, 5) is 27.8. The standard InChI is InChI=1S/C20H32ClN5O3/c1-14-15(21)8-6-9-16(14)26-17(27)10-13-24-18(22-5)23-11-7-12-25-19(28)29-20(2,3)4/h6,8-9H,7,10-13H2,1-5H3,(H,25,28)(H,26,27)(H2,22,23,24). The van der Waals surface area contributed by atoms with Crippen LogP contribution in [0.15, 0.2) is 23.2 Å². The maximum absolute atomic E-state index is 12.1. The normalized spacial score (nSPS) is 11.6. The molecule has 1 rings (SSSR count). The van der Waals surface area contributed by atoms with E-state index in [1.165, 1.54) is 0 Å². The first-order valence-corrected chi connectivity index (χ1v) is 9.96. The van der Waals surface area contributed by atoms with Crippen molar-refractivity contribution in [1.82, 2.24) is 16.0 Å². The van der Waals surface area contributed by atoms with Crippen LogP contribution in [0.1, 0.15) is 39.2 Å². The number of nitrogens with one attached hydrogen (secondary N) is 4. The Morgan fingerprint density at radius 1 is 1.10 bits per heavy atom. The summed E-state index contributed by atoms with van der Waals surface area (Å²) in [7, 11) is 1.66. The van der Waals surface area contributed by atoms with Gasteiger partial charge in [0, 0.05) is 43.8 Å². The van der Waals surface area contributed by atoms with E-state index in [2.05, 4.69) is 26.3 Å². The average Bonchev–Trinajstić information content (AvgIpc) is 2.62. The van der Waals surface area contributed by atoms with Gasteiger partial charge >= 0.3 is 6.09 Å². The smallest absolute Gasteiger partial charge is 0.407 e. The molecule has 0 unspecified atom stereocenters. The second-order valence-corrected chi connectivity index (χ2v) is 7.83. The Kier molecular flexibility index (Phi) is 10.3. The summed E-state index contributed by atoms with van der Waals surface area (Å²) in [6.45, 7) is 8.85. The van der Waals surface area contributed by atoms with Gasteiger partial charge in [0.25, 0.3) is 0 Å². The molecular weight excluding hydrogens is 394 g/mol. The number of hydrogen-bond acceptors (Lipinski definition) is 4. The fourth-order valence-corrected chi connectivity index (χ4v) is 2.44. The van der Waals surface area contributed by atoms with E-state index in [9.17, 15) is 9.59 Å². The fraction of sp³-hybridized carbons (Fsp3) is 0.550. The molecule has 0 aliphatic heterocycles. The Bertz CT molecular complexity index is 717. The van der Waals surface area contributed by atoms with Crippen molar-refractivity contribution < 1.29 is 14.3 Å². The van der Waals surface area contributed by atoms with E-state index < -0.39 is 11.7 Å². The van der Waals surface area contributed by atoms with Gasteiger partial charge in [0.2, 0.25) is 5.91 Å². The van der Waals surface area contributed by atoms with Gasteiger partial charge in [-0.15, -0.1) is 0 Å². The van der Waals surface area contributed by atoms with Crippen LogP contribution < -0.4 is 21.3 Å². The molecule has 0 fully saturated rings. The highest BCUT2D eigenvalue weighted by Crippen LogP contribution is 2.22. The summed E-state index contributed by atoms with van der Waals surface area (Å²) in [6, 6.07) is 5.40. The van der Waals surface area contributed by atoms with Gasteiger partial charge in [-0.3, -0.25) is 9.79 Å². The Morgan fingerprint density at radius 2 is 1.76 bits per heavy atom. The van der Waals surface area contributed by atoms with Crippen molar-refractivity contribution in [2.24, 2.45) is 4.99 Å². The zero-order chi connectivity index (χ0) is 21.9. The first-order chi connectivity index (χ1) is 13.6. The van der Waals surface area contributed by atoms with Crippen LogP contribution in [0, 0.1) is 6.92 Å². The molecule has 8 nitrogen and oxygen atoms in total. The molecule has 29 heavy (non-hydrogen) atoms. The zero-order valence-electron chi connectivity index (χ0n) is 17.8. The molecule has 0 heterocycles. The number of ether oxygens (including phenoxy) is 1. The number of amides is 2. The minimum atomic E-state index is -0.508. The molecule has 162 valence electrons. The van der Waals surface area contributed by atoms with E-state index in [0.717, 1.165) is 5.56 Å². The number of hydrogen-bond donors (Lipinski definition) is 4. The SMILES string of the molecule is CN=C(NCCCNC(=O)OC(C)(C)C)NCCC(=O)Nc1cccc(Cl)c1C. The summed E-state index contributed by atoms with van der Waals surface area (Å²) in [5.74, 6) is 0.480. The number of carbonyl (C=O) groups excluding carboxylic acids is 2. The first-order valence-electron chi connectivity index (χ1n) is 9.58. The number of rotatable bonds is 8. The highest BCUT2D eigenvalue weighted by atomic mass is 35.5. The van der Waals surface area contributed by atoms with Crippen LogP contribution in [0.25, 0.3) is 0 Å². The lowest BCUT2D eigenvalue weighted by molar-refractivity contribution is -0.116. The lowest BCUT2D eigenvalue weighted by atomic mass is 10.2. The molecular formula is C20H32ClN5O3. The summed E-state index contributed by atoms with van der Waals surface area (Å²) in [5.41, 5.74) is 1.04. The van der Waals surface area contributed by atoms with E-state index in [-0.39, 0.29) is 12.3 Å². The van der Waals surface area contributed by atoms with Gasteiger partial charge in [-0.1, -0.05) is 17.7 Å². The van der Waals surface area contributed by atoms with Gasteiger partial charge in [0.15, 0.2) is 5.96 Å². The molecule has 1 aromatic rings. The molecule has 0 bridgehead atoms. The van der Waals surface area contributed by atoms with Crippen molar-refractivity contribution in [3.8, 4) is 0 Å². The number of carbonyl (C=O) groups is 2. The van der Waals surface area contributed by atoms with E-state index in [1.807, 2.05) is 33.8 Å². The van der Waals surface area contributed by atoms with Crippen LogP contribution in [0.3, 0.4) is 0 Å². The molecule has 0 spiro atoms. The topological polar surface area (TPSA) is 104 Å². The maximum Gasteiger partial charge on any atom is 0.407 e. The number of aliphatic imine (C=N–C) groups is 1. The van der Waals surface area contributed by atoms with Crippen molar-refractivity contribution in [2.75, 3.05) is 32.0 Å². The van der Waals surface area contributed by atoms with Crippen molar-refractivity contribution in [3.05, 3.63) is 28.8 Å². The van der Waals surface area contributed by atoms with Gasteiger partial charge in [0.1, 0.15) is 5.60 Å². The van der Waals surface area contributed by atoms with Crippen LogP contribution in [-0.4, -0.2) is 50.2 Å². The third kappa shape index (κ3) is 10.6. The molecule has 0 aromatic heterocycles. The second-order valence-electron chi connectivity index (χ2n) is 7.42. The monoisotopic (exact) mass is 425 g/mol. The van der Waals surface area contributed by atoms with E-state index in [0.29, 0.717) is 42.7 Å². The van der Waals surface area contributed by atoms with Gasteiger partial charge in [-0.05, 0) is 51.8 Å². The number of anilines is 1.